The molecule has 1 heterocycles. The second-order valence-electron chi connectivity index (χ2n) is 5.11. The largest absolute Gasteiger partial charge is 0.450 e. The monoisotopic (exact) mass is 376 g/mol. The average molecular weight is 376 g/mol. The van der Waals surface area contributed by atoms with Crippen molar-refractivity contribution in [2.24, 2.45) is 5.92 Å². The number of halogens is 3. The summed E-state index contributed by atoms with van der Waals surface area (Å²) in [7, 11) is 0. The molecule has 1 fully saturated rings. The predicted molar refractivity (Wildman–Crippen MR) is 83.3 cm³/mol. The van der Waals surface area contributed by atoms with Crippen LogP contribution in [0.15, 0.2) is 12.1 Å². The van der Waals surface area contributed by atoms with Crippen LogP contribution < -0.4 is 10.6 Å². The van der Waals surface area contributed by atoms with Gasteiger partial charge in [0.2, 0.25) is 5.91 Å². The summed E-state index contributed by atoms with van der Waals surface area (Å²) in [5.41, 5.74) is -0.932. The Bertz CT molecular complexity index is 678. The molecule has 3 amide bonds. The standard InChI is InChI=1S/C15H15F3N2O4S/c1-2-24-15(23)20-12(21)8-3-4-25-14(8)19-13(22)11-9(17)5-7(16)6-10(11)18/h5-6,8,14H,2-4H2,1H3,(H,19,22)(H,20,21,23). The van der Waals surface area contributed by atoms with Crippen LogP contribution in [0.5, 0.6) is 0 Å². The zero-order valence-corrected chi connectivity index (χ0v) is 13.9. The number of carbonyl (C=O) groups excluding carboxylic acids is 3. The van der Waals surface area contributed by atoms with Crippen molar-refractivity contribution in [1.82, 2.24) is 10.6 Å². The Morgan fingerprint density at radius 3 is 2.48 bits per heavy atom. The molecular formula is C15H15F3N2O4S. The third kappa shape index (κ3) is 4.65. The van der Waals surface area contributed by atoms with Gasteiger partial charge in [-0.1, -0.05) is 0 Å². The van der Waals surface area contributed by atoms with E-state index in [2.05, 4.69) is 10.1 Å². The molecule has 2 unspecified atom stereocenters. The minimum absolute atomic E-state index is 0.0851. The van der Waals surface area contributed by atoms with Crippen molar-refractivity contribution in [1.29, 1.82) is 0 Å². The number of imide groups is 1. The molecular weight excluding hydrogens is 361 g/mol. The van der Waals surface area contributed by atoms with E-state index in [1.807, 2.05) is 5.32 Å². The van der Waals surface area contributed by atoms with E-state index in [9.17, 15) is 27.6 Å². The summed E-state index contributed by atoms with van der Waals surface area (Å²) in [6, 6.07) is 0.787. The summed E-state index contributed by atoms with van der Waals surface area (Å²) in [5, 5.41) is 3.59. The molecule has 1 aromatic rings. The van der Waals surface area contributed by atoms with Crippen LogP contribution in [0.25, 0.3) is 0 Å². The second kappa shape index (κ2) is 8.24. The summed E-state index contributed by atoms with van der Waals surface area (Å²) in [4.78, 5) is 35.5. The summed E-state index contributed by atoms with van der Waals surface area (Å²) < 4.78 is 44.8. The van der Waals surface area contributed by atoms with E-state index in [-0.39, 0.29) is 6.61 Å². The number of alkyl carbamates (subject to hydrolysis) is 1. The maximum atomic E-state index is 13.7. The third-order valence-electron chi connectivity index (χ3n) is 3.44. The molecule has 1 saturated heterocycles. The molecule has 136 valence electrons. The quantitative estimate of drug-likeness (QED) is 0.842. The van der Waals surface area contributed by atoms with E-state index in [0.29, 0.717) is 24.3 Å². The highest BCUT2D eigenvalue weighted by molar-refractivity contribution is 8.00. The first-order valence-corrected chi connectivity index (χ1v) is 8.43. The SMILES string of the molecule is CCOC(=O)NC(=O)C1CCSC1NC(=O)c1c(F)cc(F)cc1F. The van der Waals surface area contributed by atoms with Gasteiger partial charge in [0, 0.05) is 12.1 Å². The highest BCUT2D eigenvalue weighted by Crippen LogP contribution is 2.31. The van der Waals surface area contributed by atoms with Gasteiger partial charge in [-0.3, -0.25) is 14.9 Å². The number of ether oxygens (including phenoxy) is 1. The lowest BCUT2D eigenvalue weighted by molar-refractivity contribution is -0.124. The van der Waals surface area contributed by atoms with Crippen molar-refractivity contribution in [2.75, 3.05) is 12.4 Å². The molecule has 1 aliphatic rings. The number of rotatable bonds is 4. The molecule has 0 aliphatic carbocycles. The summed E-state index contributed by atoms with van der Waals surface area (Å²) >= 11 is 1.19. The van der Waals surface area contributed by atoms with Crippen LogP contribution in [0.1, 0.15) is 23.7 Å². The van der Waals surface area contributed by atoms with Crippen LogP contribution >= 0.6 is 11.8 Å². The number of carbonyl (C=O) groups is 3. The lowest BCUT2D eigenvalue weighted by Gasteiger charge is -2.19. The number of thioether (sulfide) groups is 1. The van der Waals surface area contributed by atoms with Gasteiger partial charge in [-0.25, -0.2) is 18.0 Å². The first-order chi connectivity index (χ1) is 11.8. The Kier molecular flexibility index (Phi) is 6.29. The Labute approximate surface area is 145 Å². The van der Waals surface area contributed by atoms with Crippen LogP contribution in [0.2, 0.25) is 0 Å². The molecule has 1 aromatic carbocycles. The zero-order valence-electron chi connectivity index (χ0n) is 13.1. The Morgan fingerprint density at radius 1 is 1.24 bits per heavy atom. The van der Waals surface area contributed by atoms with Crippen molar-refractivity contribution in [3.8, 4) is 0 Å². The van der Waals surface area contributed by atoms with Crippen molar-refractivity contribution in [3.05, 3.63) is 35.1 Å². The van der Waals surface area contributed by atoms with Gasteiger partial charge in [-0.2, -0.15) is 0 Å². The first-order valence-electron chi connectivity index (χ1n) is 7.38. The van der Waals surface area contributed by atoms with Gasteiger partial charge in [0.1, 0.15) is 23.0 Å². The Balaban J connectivity index is 2.07. The number of hydrogen-bond acceptors (Lipinski definition) is 5. The van der Waals surface area contributed by atoms with Gasteiger partial charge in [-0.15, -0.1) is 11.8 Å². The van der Waals surface area contributed by atoms with Crippen LogP contribution in [0, 0.1) is 23.4 Å². The third-order valence-corrected chi connectivity index (χ3v) is 4.71. The number of benzene rings is 1. The molecule has 0 bridgehead atoms. The fourth-order valence-electron chi connectivity index (χ4n) is 2.32. The van der Waals surface area contributed by atoms with Gasteiger partial charge < -0.3 is 10.1 Å². The normalized spacial score (nSPS) is 19.4. The molecule has 0 aromatic heterocycles. The maximum absolute atomic E-state index is 13.7. The molecule has 2 N–H and O–H groups in total. The van der Waals surface area contributed by atoms with Gasteiger partial charge in [0.05, 0.1) is 17.9 Å². The van der Waals surface area contributed by atoms with Crippen LogP contribution in [0.3, 0.4) is 0 Å². The van der Waals surface area contributed by atoms with Crippen LogP contribution in [-0.4, -0.2) is 35.6 Å². The summed E-state index contributed by atoms with van der Waals surface area (Å²) in [6.07, 6.45) is -0.556. The van der Waals surface area contributed by atoms with Gasteiger partial charge in [-0.05, 0) is 19.1 Å². The van der Waals surface area contributed by atoms with E-state index in [0.717, 1.165) is 0 Å². The molecule has 0 saturated carbocycles. The molecule has 2 rings (SSSR count). The van der Waals surface area contributed by atoms with E-state index < -0.39 is 52.2 Å². The molecule has 0 spiro atoms. The molecule has 6 nitrogen and oxygen atoms in total. The highest BCUT2D eigenvalue weighted by atomic mass is 32.2. The van der Waals surface area contributed by atoms with Gasteiger partial charge >= 0.3 is 6.09 Å². The summed E-state index contributed by atoms with van der Waals surface area (Å²) in [6.45, 7) is 1.66. The maximum Gasteiger partial charge on any atom is 0.413 e. The molecule has 1 aliphatic heterocycles. The summed E-state index contributed by atoms with van der Waals surface area (Å²) in [5.74, 6) is -5.87. The van der Waals surface area contributed by atoms with Crippen molar-refractivity contribution in [2.45, 2.75) is 18.7 Å². The van der Waals surface area contributed by atoms with Gasteiger partial charge in [0.25, 0.3) is 5.91 Å². The van der Waals surface area contributed by atoms with E-state index >= 15 is 0 Å². The van der Waals surface area contributed by atoms with Crippen molar-refractivity contribution >= 4 is 29.7 Å². The highest BCUT2D eigenvalue weighted by Gasteiger charge is 2.36. The molecule has 25 heavy (non-hydrogen) atoms. The lowest BCUT2D eigenvalue weighted by Crippen LogP contribution is -2.44. The Morgan fingerprint density at radius 2 is 1.88 bits per heavy atom. The minimum atomic E-state index is -1.34. The topological polar surface area (TPSA) is 84.5 Å². The van der Waals surface area contributed by atoms with Crippen LogP contribution in [-0.2, 0) is 9.53 Å². The van der Waals surface area contributed by atoms with E-state index in [1.54, 1.807) is 6.92 Å². The first kappa shape index (κ1) is 19.1. The fraction of sp³-hybridized carbons (Fsp3) is 0.400. The lowest BCUT2D eigenvalue weighted by atomic mass is 10.1. The van der Waals surface area contributed by atoms with Crippen LogP contribution in [0.4, 0.5) is 18.0 Å². The van der Waals surface area contributed by atoms with E-state index in [4.69, 9.17) is 0 Å². The van der Waals surface area contributed by atoms with Crippen molar-refractivity contribution < 1.29 is 32.3 Å². The predicted octanol–water partition coefficient (Wildman–Crippen LogP) is 2.19. The molecule has 0 radical (unpaired) electrons. The van der Waals surface area contributed by atoms with Gasteiger partial charge in [0.15, 0.2) is 0 Å². The zero-order chi connectivity index (χ0) is 18.6. The van der Waals surface area contributed by atoms with E-state index in [1.165, 1.54) is 11.8 Å². The molecule has 2 atom stereocenters. The number of amides is 3. The minimum Gasteiger partial charge on any atom is -0.450 e. The Hall–Kier alpha value is -2.23. The van der Waals surface area contributed by atoms with Crippen molar-refractivity contribution in [3.63, 3.8) is 0 Å². The smallest absolute Gasteiger partial charge is 0.413 e. The number of nitrogens with one attached hydrogen (secondary N) is 2. The fourth-order valence-corrected chi connectivity index (χ4v) is 3.65. The number of hydrogen-bond donors (Lipinski definition) is 2. The molecule has 10 heteroatoms. The average Bonchev–Trinajstić information content (AvgIpc) is 2.94. The second-order valence-corrected chi connectivity index (χ2v) is 6.36.